The first-order valence-corrected chi connectivity index (χ1v) is 9.08. The van der Waals surface area contributed by atoms with Gasteiger partial charge in [0.1, 0.15) is 5.69 Å². The van der Waals surface area contributed by atoms with Gasteiger partial charge in [-0.15, -0.1) is 0 Å². The number of carbonyl (C=O) groups is 2. The molecule has 1 atom stereocenters. The van der Waals surface area contributed by atoms with Crippen molar-refractivity contribution in [3.63, 3.8) is 0 Å². The highest BCUT2D eigenvalue weighted by molar-refractivity contribution is 5.91. The molecule has 3 aromatic rings. The van der Waals surface area contributed by atoms with E-state index in [2.05, 4.69) is 15.5 Å². The van der Waals surface area contributed by atoms with Gasteiger partial charge in [-0.05, 0) is 30.7 Å². The second-order valence-electron chi connectivity index (χ2n) is 6.49. The Bertz CT molecular complexity index is 1030. The summed E-state index contributed by atoms with van der Waals surface area (Å²) in [5, 5.41) is 9.50. The third kappa shape index (κ3) is 4.21. The van der Waals surface area contributed by atoms with Gasteiger partial charge >= 0.3 is 5.97 Å². The van der Waals surface area contributed by atoms with Crippen LogP contribution in [-0.2, 0) is 16.1 Å². The number of aromatic amines is 1. The van der Waals surface area contributed by atoms with Crippen LogP contribution in [0, 0.1) is 0 Å². The zero-order valence-corrected chi connectivity index (χ0v) is 15.7. The molecule has 0 saturated carbocycles. The minimum Gasteiger partial charge on any atom is -0.454 e. The SMILES string of the molecule is C[C@H](OC(=O)c1cc(-c2ccccc2)n[nH]1)C(=O)NCc1ccc2c(c1)OCO2. The van der Waals surface area contributed by atoms with Crippen LogP contribution in [0.2, 0.25) is 0 Å². The second-order valence-corrected chi connectivity index (χ2v) is 6.49. The van der Waals surface area contributed by atoms with Gasteiger partial charge in [-0.1, -0.05) is 36.4 Å². The minimum atomic E-state index is -0.958. The summed E-state index contributed by atoms with van der Waals surface area (Å²) in [5.41, 5.74) is 2.52. The number of nitrogens with one attached hydrogen (secondary N) is 2. The third-order valence-corrected chi connectivity index (χ3v) is 4.42. The molecule has 1 aromatic heterocycles. The molecule has 148 valence electrons. The lowest BCUT2D eigenvalue weighted by Crippen LogP contribution is -2.35. The molecule has 0 unspecified atom stereocenters. The van der Waals surface area contributed by atoms with E-state index in [0.717, 1.165) is 11.1 Å². The number of hydrogen-bond acceptors (Lipinski definition) is 6. The van der Waals surface area contributed by atoms with Crippen molar-refractivity contribution in [3.8, 4) is 22.8 Å². The summed E-state index contributed by atoms with van der Waals surface area (Å²) < 4.78 is 15.8. The first kappa shape index (κ1) is 18.5. The number of esters is 1. The third-order valence-electron chi connectivity index (χ3n) is 4.42. The van der Waals surface area contributed by atoms with Gasteiger partial charge in [-0.2, -0.15) is 5.10 Å². The Hall–Kier alpha value is -3.81. The van der Waals surface area contributed by atoms with Gasteiger partial charge < -0.3 is 19.5 Å². The molecule has 8 heteroatoms. The molecule has 0 fully saturated rings. The monoisotopic (exact) mass is 393 g/mol. The van der Waals surface area contributed by atoms with Crippen LogP contribution in [0.5, 0.6) is 11.5 Å². The predicted molar refractivity (Wildman–Crippen MR) is 103 cm³/mol. The Balaban J connectivity index is 1.31. The minimum absolute atomic E-state index is 0.180. The number of carbonyl (C=O) groups excluding carboxylic acids is 2. The Morgan fingerprint density at radius 3 is 2.76 bits per heavy atom. The summed E-state index contributed by atoms with van der Waals surface area (Å²) in [6.07, 6.45) is -0.958. The van der Waals surface area contributed by atoms with Gasteiger partial charge in [0.15, 0.2) is 17.6 Å². The quantitative estimate of drug-likeness (QED) is 0.624. The second kappa shape index (κ2) is 8.05. The van der Waals surface area contributed by atoms with Crippen molar-refractivity contribution in [2.24, 2.45) is 0 Å². The van der Waals surface area contributed by atoms with E-state index >= 15 is 0 Å². The maximum absolute atomic E-state index is 12.3. The molecule has 4 rings (SSSR count). The normalized spacial score (nSPS) is 13.0. The van der Waals surface area contributed by atoms with Crippen molar-refractivity contribution in [2.45, 2.75) is 19.6 Å². The average Bonchev–Trinajstić information content (AvgIpc) is 3.41. The summed E-state index contributed by atoms with van der Waals surface area (Å²) >= 11 is 0. The number of fused-ring (bicyclic) bond motifs is 1. The van der Waals surface area contributed by atoms with Gasteiger partial charge in [0.2, 0.25) is 6.79 Å². The number of nitrogens with zero attached hydrogens (tertiary/aromatic N) is 1. The highest BCUT2D eigenvalue weighted by atomic mass is 16.7. The fourth-order valence-electron chi connectivity index (χ4n) is 2.84. The maximum Gasteiger partial charge on any atom is 0.357 e. The molecule has 2 aromatic carbocycles. The zero-order valence-electron chi connectivity index (χ0n) is 15.7. The highest BCUT2D eigenvalue weighted by Gasteiger charge is 2.21. The van der Waals surface area contributed by atoms with Crippen LogP contribution >= 0.6 is 0 Å². The van der Waals surface area contributed by atoms with Gasteiger partial charge in [0, 0.05) is 12.1 Å². The van der Waals surface area contributed by atoms with E-state index in [-0.39, 0.29) is 19.0 Å². The van der Waals surface area contributed by atoms with E-state index in [1.54, 1.807) is 18.2 Å². The summed E-state index contributed by atoms with van der Waals surface area (Å²) in [6.45, 7) is 1.98. The molecule has 2 N–H and O–H groups in total. The van der Waals surface area contributed by atoms with Gasteiger partial charge in [0.05, 0.1) is 5.69 Å². The highest BCUT2D eigenvalue weighted by Crippen LogP contribution is 2.32. The number of aromatic nitrogens is 2. The molecule has 0 saturated heterocycles. The standard InChI is InChI=1S/C21H19N3O5/c1-13(20(25)22-11-14-7-8-18-19(9-14)28-12-27-18)29-21(26)17-10-16(23-24-17)15-5-3-2-4-6-15/h2-10,13H,11-12H2,1H3,(H,22,25)(H,23,24)/t13-/m0/s1. The molecule has 1 aliphatic heterocycles. The average molecular weight is 393 g/mol. The largest absolute Gasteiger partial charge is 0.454 e. The van der Waals surface area contributed by atoms with E-state index < -0.39 is 18.0 Å². The van der Waals surface area contributed by atoms with Gasteiger partial charge in [0.25, 0.3) is 5.91 Å². The number of ether oxygens (including phenoxy) is 3. The van der Waals surface area contributed by atoms with Crippen LogP contribution in [-0.4, -0.2) is 35.0 Å². The Kier molecular flexibility index (Phi) is 5.15. The van der Waals surface area contributed by atoms with E-state index in [0.29, 0.717) is 17.2 Å². The van der Waals surface area contributed by atoms with Crippen molar-refractivity contribution in [2.75, 3.05) is 6.79 Å². The van der Waals surface area contributed by atoms with Crippen LogP contribution in [0.3, 0.4) is 0 Å². The molecule has 0 radical (unpaired) electrons. The number of benzene rings is 2. The molecule has 8 nitrogen and oxygen atoms in total. The Morgan fingerprint density at radius 1 is 1.14 bits per heavy atom. The van der Waals surface area contributed by atoms with E-state index in [9.17, 15) is 9.59 Å². The van der Waals surface area contributed by atoms with E-state index in [1.165, 1.54) is 6.92 Å². The topological polar surface area (TPSA) is 103 Å². The number of amides is 1. The number of H-pyrrole nitrogens is 1. The van der Waals surface area contributed by atoms with Gasteiger partial charge in [-0.25, -0.2) is 4.79 Å². The molecule has 0 aliphatic carbocycles. The van der Waals surface area contributed by atoms with Crippen LogP contribution < -0.4 is 14.8 Å². The van der Waals surface area contributed by atoms with E-state index in [4.69, 9.17) is 14.2 Å². The van der Waals surface area contributed by atoms with Crippen LogP contribution in [0.4, 0.5) is 0 Å². The summed E-state index contributed by atoms with van der Waals surface area (Å²) in [5.74, 6) is 0.269. The Labute approximate surface area is 166 Å². The lowest BCUT2D eigenvalue weighted by Gasteiger charge is -2.13. The van der Waals surface area contributed by atoms with Crippen LogP contribution in [0.1, 0.15) is 23.0 Å². The zero-order chi connectivity index (χ0) is 20.2. The van der Waals surface area contributed by atoms with Crippen molar-refractivity contribution in [1.82, 2.24) is 15.5 Å². The molecular weight excluding hydrogens is 374 g/mol. The van der Waals surface area contributed by atoms with Crippen LogP contribution in [0.15, 0.2) is 54.6 Å². The van der Waals surface area contributed by atoms with Crippen molar-refractivity contribution >= 4 is 11.9 Å². The molecular formula is C21H19N3O5. The van der Waals surface area contributed by atoms with Crippen molar-refractivity contribution in [3.05, 3.63) is 65.9 Å². The summed E-state index contributed by atoms with van der Waals surface area (Å²) in [7, 11) is 0. The fraction of sp³-hybridized carbons (Fsp3) is 0.190. The Morgan fingerprint density at radius 2 is 1.93 bits per heavy atom. The molecule has 1 aliphatic rings. The van der Waals surface area contributed by atoms with Gasteiger partial charge in [-0.3, -0.25) is 9.89 Å². The molecule has 0 spiro atoms. The lowest BCUT2D eigenvalue weighted by atomic mass is 10.1. The van der Waals surface area contributed by atoms with E-state index in [1.807, 2.05) is 36.4 Å². The molecule has 29 heavy (non-hydrogen) atoms. The van der Waals surface area contributed by atoms with Crippen molar-refractivity contribution in [1.29, 1.82) is 0 Å². The molecule has 0 bridgehead atoms. The predicted octanol–water partition coefficient (Wildman–Crippen LogP) is 2.67. The smallest absolute Gasteiger partial charge is 0.357 e. The van der Waals surface area contributed by atoms with Crippen molar-refractivity contribution < 1.29 is 23.8 Å². The first-order chi connectivity index (χ1) is 14.1. The summed E-state index contributed by atoms with van der Waals surface area (Å²) in [4.78, 5) is 24.6. The number of hydrogen-bond donors (Lipinski definition) is 2. The molecule has 2 heterocycles. The lowest BCUT2D eigenvalue weighted by molar-refractivity contribution is -0.129. The number of rotatable bonds is 6. The summed E-state index contributed by atoms with van der Waals surface area (Å²) in [6, 6.07) is 16.5. The first-order valence-electron chi connectivity index (χ1n) is 9.08. The maximum atomic E-state index is 12.3. The fourth-order valence-corrected chi connectivity index (χ4v) is 2.84. The van der Waals surface area contributed by atoms with Crippen LogP contribution in [0.25, 0.3) is 11.3 Å². The molecule has 1 amide bonds.